The molecule has 3 nitrogen and oxygen atoms in total. The molecule has 1 aromatic carbocycles. The number of rotatable bonds is 6. The molecule has 0 bridgehead atoms. The van der Waals surface area contributed by atoms with Crippen LogP contribution in [0.3, 0.4) is 0 Å². The van der Waals surface area contributed by atoms with E-state index in [2.05, 4.69) is 49.7 Å². The maximum Gasteiger partial charge on any atom is 0.132 e. The summed E-state index contributed by atoms with van der Waals surface area (Å²) in [5.74, 6) is 1.55. The molecule has 0 N–H and O–H groups in total. The molecular weight excluding hydrogens is 260 g/mol. The van der Waals surface area contributed by atoms with Crippen molar-refractivity contribution in [3.63, 3.8) is 0 Å². The van der Waals surface area contributed by atoms with E-state index in [9.17, 15) is 0 Å². The molecule has 0 aliphatic carbocycles. The third kappa shape index (κ3) is 4.18. The van der Waals surface area contributed by atoms with E-state index in [0.29, 0.717) is 11.8 Å². The first-order valence-corrected chi connectivity index (χ1v) is 7.79. The number of benzene rings is 1. The van der Waals surface area contributed by atoms with Crippen molar-refractivity contribution in [2.24, 2.45) is 17.0 Å². The van der Waals surface area contributed by atoms with E-state index in [4.69, 9.17) is 4.84 Å². The summed E-state index contributed by atoms with van der Waals surface area (Å²) in [6.07, 6.45) is 2.14. The molecule has 0 aromatic heterocycles. The summed E-state index contributed by atoms with van der Waals surface area (Å²) in [6, 6.07) is 10.3. The Hall–Kier alpha value is -1.61. The molecule has 2 atom stereocenters. The van der Waals surface area contributed by atoms with Gasteiger partial charge in [-0.1, -0.05) is 55.9 Å². The Bertz CT molecular complexity index is 495. The lowest BCUT2D eigenvalue weighted by molar-refractivity contribution is 0.189. The first-order valence-electron chi connectivity index (χ1n) is 7.79. The van der Waals surface area contributed by atoms with Crippen molar-refractivity contribution in [2.45, 2.75) is 26.7 Å². The number of likely N-dealkylation sites (tertiary alicyclic amines) is 1. The molecule has 114 valence electrons. The van der Waals surface area contributed by atoms with Crippen molar-refractivity contribution in [3.8, 4) is 0 Å². The summed E-state index contributed by atoms with van der Waals surface area (Å²) in [7, 11) is 2.13. The molecule has 2 unspecified atom stereocenters. The first-order chi connectivity index (χ1) is 10.1. The van der Waals surface area contributed by atoms with Gasteiger partial charge in [0.1, 0.15) is 5.76 Å². The van der Waals surface area contributed by atoms with Gasteiger partial charge < -0.3 is 9.74 Å². The van der Waals surface area contributed by atoms with Gasteiger partial charge in [0.25, 0.3) is 0 Å². The molecule has 1 aliphatic heterocycles. The fourth-order valence-electron chi connectivity index (χ4n) is 2.61. The minimum atomic E-state index is 0.367. The minimum Gasteiger partial charge on any atom is -0.361 e. The number of oxime groups is 1. The Balaban J connectivity index is 2.08. The summed E-state index contributed by atoms with van der Waals surface area (Å²) in [5, 5.41) is 4.43. The van der Waals surface area contributed by atoms with Gasteiger partial charge in [-0.15, -0.1) is 0 Å². The van der Waals surface area contributed by atoms with Crippen LogP contribution in [0.5, 0.6) is 0 Å². The lowest BCUT2D eigenvalue weighted by atomic mass is 9.96. The van der Waals surface area contributed by atoms with Crippen molar-refractivity contribution in [1.82, 2.24) is 4.90 Å². The third-order valence-electron chi connectivity index (χ3n) is 4.26. The van der Waals surface area contributed by atoms with Crippen molar-refractivity contribution >= 4 is 5.71 Å². The highest BCUT2D eigenvalue weighted by atomic mass is 16.6. The zero-order chi connectivity index (χ0) is 15.2. The van der Waals surface area contributed by atoms with E-state index in [-0.39, 0.29) is 0 Å². The zero-order valence-electron chi connectivity index (χ0n) is 13.4. The summed E-state index contributed by atoms with van der Waals surface area (Å²) >= 11 is 0. The number of hydrogen-bond donors (Lipinski definition) is 0. The van der Waals surface area contributed by atoms with E-state index in [1.54, 1.807) is 0 Å². The normalized spacial score (nSPS) is 21.3. The molecule has 0 spiro atoms. The largest absolute Gasteiger partial charge is 0.361 e. The predicted octanol–water partition coefficient (Wildman–Crippen LogP) is 3.92. The van der Waals surface area contributed by atoms with Gasteiger partial charge in [0.2, 0.25) is 0 Å². The van der Waals surface area contributed by atoms with Crippen LogP contribution in [0.25, 0.3) is 0 Å². The van der Waals surface area contributed by atoms with Gasteiger partial charge in [-0.25, -0.2) is 0 Å². The Labute approximate surface area is 128 Å². The summed E-state index contributed by atoms with van der Waals surface area (Å²) in [6.45, 7) is 10.5. The summed E-state index contributed by atoms with van der Waals surface area (Å²) < 4.78 is 0. The van der Waals surface area contributed by atoms with Gasteiger partial charge in [-0.2, -0.15) is 0 Å². The highest BCUT2D eigenvalue weighted by molar-refractivity contribution is 6.01. The van der Waals surface area contributed by atoms with Crippen LogP contribution in [0, 0.1) is 11.8 Å². The SMILES string of the molecule is C=C(O/N=C(/c1ccccc1)C(C)CC)C1CCN(C)C1. The van der Waals surface area contributed by atoms with Crippen LogP contribution in [-0.2, 0) is 4.84 Å². The molecule has 3 heteroatoms. The van der Waals surface area contributed by atoms with E-state index < -0.39 is 0 Å². The molecule has 1 aliphatic rings. The third-order valence-corrected chi connectivity index (χ3v) is 4.26. The molecule has 1 fully saturated rings. The predicted molar refractivity (Wildman–Crippen MR) is 88.3 cm³/mol. The van der Waals surface area contributed by atoms with Crippen LogP contribution in [0.4, 0.5) is 0 Å². The van der Waals surface area contributed by atoms with E-state index in [1.165, 1.54) is 0 Å². The number of hydrogen-bond acceptors (Lipinski definition) is 3. The van der Waals surface area contributed by atoms with E-state index in [1.807, 2.05) is 18.2 Å². The highest BCUT2D eigenvalue weighted by Crippen LogP contribution is 2.23. The lowest BCUT2D eigenvalue weighted by Crippen LogP contribution is -2.16. The van der Waals surface area contributed by atoms with Gasteiger partial charge in [-0.05, 0) is 32.0 Å². The quantitative estimate of drug-likeness (QED) is 0.450. The van der Waals surface area contributed by atoms with Gasteiger partial charge in [0.05, 0.1) is 5.71 Å². The molecule has 0 radical (unpaired) electrons. The van der Waals surface area contributed by atoms with Gasteiger partial charge in [0, 0.05) is 18.4 Å². The topological polar surface area (TPSA) is 24.8 Å². The monoisotopic (exact) mass is 286 g/mol. The van der Waals surface area contributed by atoms with Crippen molar-refractivity contribution in [3.05, 3.63) is 48.2 Å². The molecular formula is C18H26N2O. The Morgan fingerprint density at radius 3 is 2.71 bits per heavy atom. The van der Waals surface area contributed by atoms with Crippen LogP contribution in [-0.4, -0.2) is 30.7 Å². The standard InChI is InChI=1S/C18H26N2O/c1-5-14(2)18(16-9-7-6-8-10-16)19-21-15(3)17-11-12-20(4)13-17/h6-10,14,17H,3,5,11-13H2,1-2,4H3/b19-18+. The van der Waals surface area contributed by atoms with E-state index in [0.717, 1.165) is 43.0 Å². The van der Waals surface area contributed by atoms with Gasteiger partial charge >= 0.3 is 0 Å². The molecule has 1 heterocycles. The molecule has 2 rings (SSSR count). The first kappa shape index (κ1) is 15.8. The summed E-state index contributed by atoms with van der Waals surface area (Å²) in [5.41, 5.74) is 2.13. The van der Waals surface area contributed by atoms with Gasteiger partial charge in [0.15, 0.2) is 0 Å². The highest BCUT2D eigenvalue weighted by Gasteiger charge is 2.24. The van der Waals surface area contributed by atoms with Crippen LogP contribution < -0.4 is 0 Å². The van der Waals surface area contributed by atoms with Crippen molar-refractivity contribution in [1.29, 1.82) is 0 Å². The second-order valence-corrected chi connectivity index (χ2v) is 5.96. The van der Waals surface area contributed by atoms with Crippen molar-refractivity contribution < 1.29 is 4.84 Å². The Morgan fingerprint density at radius 2 is 2.14 bits per heavy atom. The molecule has 21 heavy (non-hydrogen) atoms. The molecule has 1 saturated heterocycles. The fourth-order valence-corrected chi connectivity index (χ4v) is 2.61. The Kier molecular flexibility index (Phi) is 5.57. The minimum absolute atomic E-state index is 0.367. The fraction of sp³-hybridized carbons (Fsp3) is 0.500. The smallest absolute Gasteiger partial charge is 0.132 e. The maximum absolute atomic E-state index is 5.68. The maximum atomic E-state index is 5.68. The van der Waals surface area contributed by atoms with Gasteiger partial charge in [-0.3, -0.25) is 0 Å². The average molecular weight is 286 g/mol. The van der Waals surface area contributed by atoms with Crippen LogP contribution in [0.2, 0.25) is 0 Å². The van der Waals surface area contributed by atoms with Crippen molar-refractivity contribution in [2.75, 3.05) is 20.1 Å². The van der Waals surface area contributed by atoms with Crippen LogP contribution in [0.15, 0.2) is 47.8 Å². The Morgan fingerprint density at radius 1 is 1.43 bits per heavy atom. The van der Waals surface area contributed by atoms with Crippen LogP contribution in [0.1, 0.15) is 32.3 Å². The van der Waals surface area contributed by atoms with Crippen LogP contribution >= 0.6 is 0 Å². The second-order valence-electron chi connectivity index (χ2n) is 5.96. The number of nitrogens with zero attached hydrogens (tertiary/aromatic N) is 2. The lowest BCUT2D eigenvalue weighted by Gasteiger charge is -2.15. The zero-order valence-corrected chi connectivity index (χ0v) is 13.4. The molecule has 1 aromatic rings. The van der Waals surface area contributed by atoms with E-state index >= 15 is 0 Å². The summed E-state index contributed by atoms with van der Waals surface area (Å²) in [4.78, 5) is 7.98. The molecule has 0 saturated carbocycles. The molecule has 0 amide bonds. The average Bonchev–Trinajstić information content (AvgIpc) is 2.94. The second kappa shape index (κ2) is 7.41.